The molecule has 0 saturated heterocycles. The minimum Gasteiger partial charge on any atom is -0.396 e. The Hall–Kier alpha value is -1.28. The number of hydrogen-bond donors (Lipinski definition) is 1. The van der Waals surface area contributed by atoms with Crippen LogP contribution in [-0.4, -0.2) is 0 Å². The number of halogens is 2. The van der Waals surface area contributed by atoms with E-state index in [1.807, 2.05) is 0 Å². The molecule has 0 atom stereocenters. The van der Waals surface area contributed by atoms with E-state index in [0.717, 1.165) is 5.39 Å². The van der Waals surface area contributed by atoms with Crippen molar-refractivity contribution in [2.45, 2.75) is 0 Å². The fourth-order valence-corrected chi connectivity index (χ4v) is 1.46. The number of hydrogen-bond acceptors (Lipinski definition) is 1. The quantitative estimate of drug-likeness (QED) is 0.642. The molecule has 66 valence electrons. The normalized spacial score (nSPS) is 10.6. The number of fused-ring (bicyclic) bond motifs is 1. The van der Waals surface area contributed by atoms with Crippen LogP contribution in [0.1, 0.15) is 0 Å². The third-order valence-electron chi connectivity index (χ3n) is 1.95. The van der Waals surface area contributed by atoms with Crippen molar-refractivity contribution in [3.63, 3.8) is 0 Å². The standard InChI is InChI=1S/C10H7ClFN/c11-7-2-3-8-6(5-7)1-4-9(13)10(8)12/h1-5H,13H2. The predicted octanol–water partition coefficient (Wildman–Crippen LogP) is 3.21. The van der Waals surface area contributed by atoms with E-state index in [1.165, 1.54) is 6.07 Å². The Bertz CT molecular complexity index is 468. The molecular formula is C10H7ClFN. The molecule has 0 aliphatic heterocycles. The fraction of sp³-hybridized carbons (Fsp3) is 0. The molecule has 2 aromatic carbocycles. The molecule has 0 spiro atoms. The smallest absolute Gasteiger partial charge is 0.153 e. The van der Waals surface area contributed by atoms with Gasteiger partial charge in [-0.15, -0.1) is 0 Å². The van der Waals surface area contributed by atoms with Crippen molar-refractivity contribution < 1.29 is 4.39 Å². The van der Waals surface area contributed by atoms with Gasteiger partial charge in [-0.3, -0.25) is 0 Å². The van der Waals surface area contributed by atoms with Gasteiger partial charge in [0.05, 0.1) is 5.69 Å². The highest BCUT2D eigenvalue weighted by Gasteiger charge is 2.03. The van der Waals surface area contributed by atoms with Gasteiger partial charge in [-0.25, -0.2) is 4.39 Å². The Labute approximate surface area is 79.9 Å². The molecule has 3 heteroatoms. The highest BCUT2D eigenvalue weighted by Crippen LogP contribution is 2.24. The molecule has 0 aliphatic carbocycles. The second-order valence-corrected chi connectivity index (χ2v) is 3.27. The molecular weight excluding hydrogens is 189 g/mol. The first kappa shape index (κ1) is 8.32. The summed E-state index contributed by atoms with van der Waals surface area (Å²) in [6.45, 7) is 0. The van der Waals surface area contributed by atoms with Crippen LogP contribution >= 0.6 is 11.6 Å². The van der Waals surface area contributed by atoms with Crippen LogP contribution in [0.5, 0.6) is 0 Å². The lowest BCUT2D eigenvalue weighted by Gasteiger charge is -2.02. The maximum absolute atomic E-state index is 13.4. The van der Waals surface area contributed by atoms with Crippen LogP contribution in [0.4, 0.5) is 10.1 Å². The van der Waals surface area contributed by atoms with Crippen molar-refractivity contribution in [1.82, 2.24) is 0 Å². The SMILES string of the molecule is Nc1ccc2cc(Cl)ccc2c1F. The van der Waals surface area contributed by atoms with Crippen LogP contribution in [-0.2, 0) is 0 Å². The maximum Gasteiger partial charge on any atom is 0.153 e. The predicted molar refractivity (Wildman–Crippen MR) is 53.3 cm³/mol. The summed E-state index contributed by atoms with van der Waals surface area (Å²) in [4.78, 5) is 0. The minimum absolute atomic E-state index is 0.162. The number of nitrogen functional groups attached to an aromatic ring is 1. The van der Waals surface area contributed by atoms with Crippen LogP contribution in [0.3, 0.4) is 0 Å². The fourth-order valence-electron chi connectivity index (χ4n) is 1.28. The van der Waals surface area contributed by atoms with Gasteiger partial charge in [-0.1, -0.05) is 17.7 Å². The first-order chi connectivity index (χ1) is 6.18. The van der Waals surface area contributed by atoms with Crippen LogP contribution in [0.2, 0.25) is 5.02 Å². The van der Waals surface area contributed by atoms with E-state index in [2.05, 4.69) is 0 Å². The number of benzene rings is 2. The summed E-state index contributed by atoms with van der Waals surface area (Å²) in [6, 6.07) is 8.27. The second kappa shape index (κ2) is 2.89. The van der Waals surface area contributed by atoms with E-state index in [-0.39, 0.29) is 11.5 Å². The third-order valence-corrected chi connectivity index (χ3v) is 2.18. The summed E-state index contributed by atoms with van der Waals surface area (Å²) in [5, 5.41) is 1.86. The molecule has 0 radical (unpaired) electrons. The summed E-state index contributed by atoms with van der Waals surface area (Å²) in [5.74, 6) is -0.380. The molecule has 0 aliphatic rings. The molecule has 0 saturated carbocycles. The highest BCUT2D eigenvalue weighted by atomic mass is 35.5. The number of rotatable bonds is 0. The molecule has 2 N–H and O–H groups in total. The summed E-state index contributed by atoms with van der Waals surface area (Å²) >= 11 is 5.76. The van der Waals surface area contributed by atoms with Gasteiger partial charge in [0.1, 0.15) is 0 Å². The molecule has 0 fully saturated rings. The zero-order valence-corrected chi connectivity index (χ0v) is 7.48. The van der Waals surface area contributed by atoms with Gasteiger partial charge in [0.2, 0.25) is 0 Å². The zero-order valence-electron chi connectivity index (χ0n) is 6.72. The summed E-state index contributed by atoms with van der Waals surface area (Å²) in [6.07, 6.45) is 0. The Morgan fingerprint density at radius 2 is 1.92 bits per heavy atom. The van der Waals surface area contributed by atoms with Gasteiger partial charge in [0.15, 0.2) is 5.82 Å². The summed E-state index contributed by atoms with van der Waals surface area (Å²) in [7, 11) is 0. The first-order valence-corrected chi connectivity index (χ1v) is 4.19. The Morgan fingerprint density at radius 1 is 1.15 bits per heavy atom. The van der Waals surface area contributed by atoms with Gasteiger partial charge in [-0.2, -0.15) is 0 Å². The monoisotopic (exact) mass is 195 g/mol. The Kier molecular flexibility index (Phi) is 1.85. The molecule has 2 aromatic rings. The molecule has 0 unspecified atom stereocenters. The summed E-state index contributed by atoms with van der Waals surface area (Å²) in [5.41, 5.74) is 5.58. The zero-order chi connectivity index (χ0) is 9.42. The minimum atomic E-state index is -0.380. The average molecular weight is 196 g/mol. The van der Waals surface area contributed by atoms with Gasteiger partial charge in [0.25, 0.3) is 0 Å². The van der Waals surface area contributed by atoms with Crippen molar-refractivity contribution in [2.75, 3.05) is 5.73 Å². The molecule has 0 amide bonds. The van der Waals surface area contributed by atoms with Crippen LogP contribution in [0, 0.1) is 5.82 Å². The van der Waals surface area contributed by atoms with Crippen LogP contribution in [0.15, 0.2) is 30.3 Å². The molecule has 13 heavy (non-hydrogen) atoms. The molecule has 0 aromatic heterocycles. The maximum atomic E-state index is 13.4. The third kappa shape index (κ3) is 1.33. The topological polar surface area (TPSA) is 26.0 Å². The summed E-state index contributed by atoms with van der Waals surface area (Å²) < 4.78 is 13.4. The van der Waals surface area contributed by atoms with Gasteiger partial charge in [-0.05, 0) is 29.7 Å². The van der Waals surface area contributed by atoms with Crippen molar-refractivity contribution in [3.05, 3.63) is 41.2 Å². The van der Waals surface area contributed by atoms with Gasteiger partial charge in [0, 0.05) is 10.4 Å². The van der Waals surface area contributed by atoms with Crippen molar-refractivity contribution in [2.24, 2.45) is 0 Å². The molecule has 2 rings (SSSR count). The van der Waals surface area contributed by atoms with E-state index in [1.54, 1.807) is 24.3 Å². The van der Waals surface area contributed by atoms with Crippen molar-refractivity contribution in [1.29, 1.82) is 0 Å². The van der Waals surface area contributed by atoms with Crippen LogP contribution < -0.4 is 5.73 Å². The highest BCUT2D eigenvalue weighted by molar-refractivity contribution is 6.31. The lowest BCUT2D eigenvalue weighted by atomic mass is 10.1. The van der Waals surface area contributed by atoms with Gasteiger partial charge < -0.3 is 5.73 Å². The Balaban J connectivity index is 2.87. The lowest BCUT2D eigenvalue weighted by Crippen LogP contribution is -1.90. The average Bonchev–Trinajstić information content (AvgIpc) is 2.12. The number of anilines is 1. The molecule has 0 heterocycles. The van der Waals surface area contributed by atoms with E-state index in [9.17, 15) is 4.39 Å². The second-order valence-electron chi connectivity index (χ2n) is 2.83. The van der Waals surface area contributed by atoms with E-state index < -0.39 is 0 Å². The molecule has 0 bridgehead atoms. The first-order valence-electron chi connectivity index (χ1n) is 3.82. The molecule has 1 nitrogen and oxygen atoms in total. The van der Waals surface area contributed by atoms with E-state index >= 15 is 0 Å². The van der Waals surface area contributed by atoms with Crippen molar-refractivity contribution >= 4 is 28.1 Å². The van der Waals surface area contributed by atoms with Crippen LogP contribution in [0.25, 0.3) is 10.8 Å². The Morgan fingerprint density at radius 3 is 2.69 bits per heavy atom. The van der Waals surface area contributed by atoms with E-state index in [0.29, 0.717) is 10.4 Å². The van der Waals surface area contributed by atoms with Gasteiger partial charge >= 0.3 is 0 Å². The van der Waals surface area contributed by atoms with Crippen molar-refractivity contribution in [3.8, 4) is 0 Å². The number of nitrogens with two attached hydrogens (primary N) is 1. The van der Waals surface area contributed by atoms with E-state index in [4.69, 9.17) is 17.3 Å². The largest absolute Gasteiger partial charge is 0.396 e. The lowest BCUT2D eigenvalue weighted by molar-refractivity contribution is 0.644.